The van der Waals surface area contributed by atoms with Crippen LogP contribution in [0.3, 0.4) is 0 Å². The van der Waals surface area contributed by atoms with Crippen LogP contribution in [-0.2, 0) is 23.9 Å². The van der Waals surface area contributed by atoms with Crippen LogP contribution in [0.1, 0.15) is 30.0 Å². The molecule has 0 aliphatic carbocycles. The number of amides is 2. The molecule has 1 saturated heterocycles. The molecule has 2 amide bonds. The summed E-state index contributed by atoms with van der Waals surface area (Å²) in [7, 11) is 1.70. The van der Waals surface area contributed by atoms with Crippen molar-refractivity contribution < 1.29 is 37.3 Å². The molecule has 3 aromatic carbocycles. The number of aliphatic carboxylic acids is 1. The topological polar surface area (TPSA) is 79.3 Å². The molecule has 0 saturated carbocycles. The molecule has 0 bridgehead atoms. The van der Waals surface area contributed by atoms with Gasteiger partial charge in [0.25, 0.3) is 0 Å². The van der Waals surface area contributed by atoms with Gasteiger partial charge in [-0.25, -0.2) is 9.59 Å². The van der Waals surface area contributed by atoms with E-state index in [-0.39, 0.29) is 25.0 Å². The number of alkyl halides is 3. The van der Waals surface area contributed by atoms with Crippen LogP contribution in [0.4, 0.5) is 18.0 Å². The van der Waals surface area contributed by atoms with Crippen molar-refractivity contribution in [2.75, 3.05) is 20.2 Å². The van der Waals surface area contributed by atoms with Gasteiger partial charge in [0.1, 0.15) is 11.5 Å². The molecule has 1 heterocycles. The van der Waals surface area contributed by atoms with E-state index in [1.54, 1.807) is 65.4 Å². The normalized spacial score (nSPS) is 17.0. The molecule has 40 heavy (non-hydrogen) atoms. The quantitative estimate of drug-likeness (QED) is 0.319. The Balaban J connectivity index is 1.27. The number of carbonyl (C=O) groups is 2. The molecule has 4 rings (SSSR count). The first-order valence-electron chi connectivity index (χ1n) is 12.8. The van der Waals surface area contributed by atoms with E-state index in [2.05, 4.69) is 0 Å². The molecular formula is C30H31F3N2O5. The van der Waals surface area contributed by atoms with E-state index in [1.165, 1.54) is 19.1 Å². The molecule has 1 fully saturated rings. The summed E-state index contributed by atoms with van der Waals surface area (Å²) in [5.41, 5.74) is -0.774. The lowest BCUT2D eigenvalue weighted by molar-refractivity contribution is -0.153. The zero-order valence-electron chi connectivity index (χ0n) is 22.2. The van der Waals surface area contributed by atoms with Gasteiger partial charge in [0, 0.05) is 33.0 Å². The second-order valence-corrected chi connectivity index (χ2v) is 10.0. The van der Waals surface area contributed by atoms with Crippen molar-refractivity contribution in [3.8, 4) is 11.5 Å². The van der Waals surface area contributed by atoms with Gasteiger partial charge in [-0.2, -0.15) is 13.2 Å². The number of para-hydroxylation sites is 1. The minimum absolute atomic E-state index is 0.104. The van der Waals surface area contributed by atoms with Crippen molar-refractivity contribution in [2.45, 2.75) is 44.1 Å². The van der Waals surface area contributed by atoms with Crippen LogP contribution in [0, 0.1) is 0 Å². The van der Waals surface area contributed by atoms with Gasteiger partial charge in [-0.1, -0.05) is 42.5 Å². The number of likely N-dealkylation sites (N-methyl/N-ethyl adjacent to an activating group) is 1. The Morgan fingerprint density at radius 2 is 1.57 bits per heavy atom. The van der Waals surface area contributed by atoms with E-state index in [4.69, 9.17) is 9.47 Å². The SMILES string of the molecule is CN1C(=O)N(Cc2ccc(C(F)(F)F)cc2)C[C@H]1CCOc1ccc(C[C@](C)(Oc2ccccc2)C(=O)O)cc1. The van der Waals surface area contributed by atoms with Gasteiger partial charge in [0.2, 0.25) is 5.60 Å². The van der Waals surface area contributed by atoms with Gasteiger partial charge in [-0.05, 0) is 54.4 Å². The highest BCUT2D eigenvalue weighted by Crippen LogP contribution is 2.30. The summed E-state index contributed by atoms with van der Waals surface area (Å²) in [6.45, 7) is 2.55. The molecule has 2 atom stereocenters. The average Bonchev–Trinajstić information content (AvgIpc) is 3.17. The number of carbonyl (C=O) groups excluding carboxylic acids is 1. The lowest BCUT2D eigenvalue weighted by Gasteiger charge is -2.26. The Morgan fingerprint density at radius 1 is 0.950 bits per heavy atom. The lowest BCUT2D eigenvalue weighted by atomic mass is 9.96. The third-order valence-electron chi connectivity index (χ3n) is 6.93. The minimum atomic E-state index is -4.40. The van der Waals surface area contributed by atoms with Crippen molar-refractivity contribution in [1.29, 1.82) is 0 Å². The molecule has 212 valence electrons. The van der Waals surface area contributed by atoms with Crippen LogP contribution in [0.25, 0.3) is 0 Å². The maximum absolute atomic E-state index is 12.8. The number of nitrogens with zero attached hydrogens (tertiary/aromatic N) is 2. The van der Waals surface area contributed by atoms with Gasteiger partial charge in [0.15, 0.2) is 0 Å². The van der Waals surface area contributed by atoms with E-state index in [9.17, 15) is 27.9 Å². The van der Waals surface area contributed by atoms with E-state index in [0.29, 0.717) is 36.6 Å². The Hall–Kier alpha value is -4.21. The molecule has 10 heteroatoms. The molecule has 3 aromatic rings. The first-order valence-corrected chi connectivity index (χ1v) is 12.8. The van der Waals surface area contributed by atoms with E-state index in [0.717, 1.165) is 17.7 Å². The molecule has 7 nitrogen and oxygen atoms in total. The summed E-state index contributed by atoms with van der Waals surface area (Å²) in [4.78, 5) is 27.9. The fourth-order valence-corrected chi connectivity index (χ4v) is 4.58. The summed E-state index contributed by atoms with van der Waals surface area (Å²) in [6.07, 6.45) is -3.68. The molecule has 0 unspecified atom stereocenters. The van der Waals surface area contributed by atoms with Gasteiger partial charge in [0.05, 0.1) is 18.2 Å². The average molecular weight is 557 g/mol. The first kappa shape index (κ1) is 28.8. The number of urea groups is 1. The van der Waals surface area contributed by atoms with Gasteiger partial charge >= 0.3 is 18.2 Å². The Morgan fingerprint density at radius 3 is 2.17 bits per heavy atom. The zero-order chi connectivity index (χ0) is 28.9. The fraction of sp³-hybridized carbons (Fsp3) is 0.333. The van der Waals surface area contributed by atoms with Gasteiger partial charge in [-0.15, -0.1) is 0 Å². The highest BCUT2D eigenvalue weighted by atomic mass is 19.4. The monoisotopic (exact) mass is 556 g/mol. The number of halogens is 3. The zero-order valence-corrected chi connectivity index (χ0v) is 22.2. The summed E-state index contributed by atoms with van der Waals surface area (Å²) in [5.74, 6) is 0.0123. The first-order chi connectivity index (χ1) is 18.9. The second kappa shape index (κ2) is 11.9. The van der Waals surface area contributed by atoms with Crippen LogP contribution < -0.4 is 9.47 Å². The summed E-state index contributed by atoms with van der Waals surface area (Å²) < 4.78 is 50.1. The van der Waals surface area contributed by atoms with Crippen molar-refractivity contribution >= 4 is 12.0 Å². The van der Waals surface area contributed by atoms with Gasteiger partial charge < -0.3 is 24.4 Å². The number of benzene rings is 3. The van der Waals surface area contributed by atoms with E-state index < -0.39 is 23.3 Å². The molecular weight excluding hydrogens is 525 g/mol. The smallest absolute Gasteiger partial charge is 0.416 e. The highest BCUT2D eigenvalue weighted by molar-refractivity contribution is 5.78. The predicted molar refractivity (Wildman–Crippen MR) is 142 cm³/mol. The second-order valence-electron chi connectivity index (χ2n) is 10.0. The Kier molecular flexibility index (Phi) is 8.56. The van der Waals surface area contributed by atoms with E-state index >= 15 is 0 Å². The predicted octanol–water partition coefficient (Wildman–Crippen LogP) is 5.88. The van der Waals surface area contributed by atoms with Crippen molar-refractivity contribution in [3.05, 3.63) is 95.6 Å². The third kappa shape index (κ3) is 7.05. The Labute approximate surface area is 230 Å². The number of carboxylic acids is 1. The van der Waals surface area contributed by atoms with Crippen molar-refractivity contribution in [3.63, 3.8) is 0 Å². The number of carboxylic acid groups (broad SMARTS) is 1. The fourth-order valence-electron chi connectivity index (χ4n) is 4.58. The standard InChI is InChI=1S/C30H31F3N2O5/c1-29(27(36)37,40-26-6-4-3-5-7-26)18-21-10-14-25(15-11-21)39-17-16-24-20-35(28(38)34(24)2)19-22-8-12-23(13-9-22)30(31,32)33/h3-15,24H,16-20H2,1-2H3,(H,36,37)/t24-,29+/m1/s1. The number of rotatable bonds is 11. The highest BCUT2D eigenvalue weighted by Gasteiger charge is 2.37. The Bertz CT molecular complexity index is 1300. The molecule has 0 aromatic heterocycles. The molecule has 1 aliphatic heterocycles. The molecule has 0 spiro atoms. The van der Waals surface area contributed by atoms with Crippen molar-refractivity contribution in [2.24, 2.45) is 0 Å². The third-order valence-corrected chi connectivity index (χ3v) is 6.93. The number of ether oxygens (including phenoxy) is 2. The van der Waals surface area contributed by atoms with Crippen LogP contribution in [-0.4, -0.2) is 58.7 Å². The van der Waals surface area contributed by atoms with Crippen LogP contribution >= 0.6 is 0 Å². The molecule has 1 aliphatic rings. The van der Waals surface area contributed by atoms with Crippen LogP contribution in [0.15, 0.2) is 78.9 Å². The largest absolute Gasteiger partial charge is 0.494 e. The number of hydrogen-bond acceptors (Lipinski definition) is 4. The van der Waals surface area contributed by atoms with Gasteiger partial charge in [-0.3, -0.25) is 0 Å². The summed E-state index contributed by atoms with van der Waals surface area (Å²) in [5, 5.41) is 9.79. The summed E-state index contributed by atoms with van der Waals surface area (Å²) >= 11 is 0. The van der Waals surface area contributed by atoms with Crippen LogP contribution in [0.2, 0.25) is 0 Å². The van der Waals surface area contributed by atoms with Crippen LogP contribution in [0.5, 0.6) is 11.5 Å². The molecule has 1 N–H and O–H groups in total. The lowest BCUT2D eigenvalue weighted by Crippen LogP contribution is -2.43. The molecule has 0 radical (unpaired) electrons. The maximum atomic E-state index is 12.8. The summed E-state index contributed by atoms with van der Waals surface area (Å²) in [6, 6.07) is 20.5. The van der Waals surface area contributed by atoms with Crippen molar-refractivity contribution in [1.82, 2.24) is 9.80 Å². The minimum Gasteiger partial charge on any atom is -0.494 e. The maximum Gasteiger partial charge on any atom is 0.416 e. The van der Waals surface area contributed by atoms with E-state index in [1.807, 2.05) is 6.07 Å². The number of hydrogen-bond donors (Lipinski definition) is 1.